The van der Waals surface area contributed by atoms with Crippen molar-refractivity contribution in [1.82, 2.24) is 4.90 Å². The van der Waals surface area contributed by atoms with Gasteiger partial charge in [-0.25, -0.2) is 0 Å². The normalized spacial score (nSPS) is 26.6. The maximum atomic E-state index is 12.1. The van der Waals surface area contributed by atoms with E-state index in [2.05, 4.69) is 12.1 Å². The van der Waals surface area contributed by atoms with Crippen molar-refractivity contribution in [2.24, 2.45) is 11.1 Å². The van der Waals surface area contributed by atoms with Gasteiger partial charge in [-0.05, 0) is 20.3 Å². The van der Waals surface area contributed by atoms with Crippen LogP contribution in [0.4, 0.5) is 0 Å². The van der Waals surface area contributed by atoms with Crippen molar-refractivity contribution in [2.45, 2.75) is 52.1 Å². The molecule has 6 nitrogen and oxygen atoms in total. The van der Waals surface area contributed by atoms with E-state index in [1.54, 1.807) is 18.7 Å². The summed E-state index contributed by atoms with van der Waals surface area (Å²) in [7, 11) is 0. The van der Waals surface area contributed by atoms with Gasteiger partial charge < -0.3 is 9.64 Å². The Hall–Kier alpha value is -1.46. The minimum Gasteiger partial charge on any atom is -0.466 e. The molecule has 1 aliphatic heterocycles. The first-order valence-electron chi connectivity index (χ1n) is 6.88. The number of hydrogen-bond donors (Lipinski definition) is 0. The van der Waals surface area contributed by atoms with Crippen LogP contribution in [-0.2, 0) is 14.3 Å². The van der Waals surface area contributed by atoms with Gasteiger partial charge in [0.15, 0.2) is 6.04 Å². The highest BCUT2D eigenvalue weighted by Gasteiger charge is 2.51. The fourth-order valence-electron chi connectivity index (χ4n) is 2.50. The van der Waals surface area contributed by atoms with Gasteiger partial charge in [0, 0.05) is 12.6 Å². The highest BCUT2D eigenvalue weighted by molar-refractivity contribution is 5.92. The lowest BCUT2D eigenvalue weighted by atomic mass is 9.98. The number of unbranched alkanes of at least 4 members (excludes halogenated alkanes) is 2. The molecule has 0 spiro atoms. The van der Waals surface area contributed by atoms with Crippen LogP contribution >= 0.6 is 0 Å². The molecule has 108 valence electrons. The highest BCUT2D eigenvalue weighted by atomic mass is 16.5. The third-order valence-electron chi connectivity index (χ3n) is 3.56. The number of esters is 1. The van der Waals surface area contributed by atoms with Crippen molar-refractivity contribution < 1.29 is 14.3 Å². The SMILES string of the molecule is CCCCCN1C(=O)C(N=O)C(C(=O)OCC)C1C. The molecule has 0 bridgehead atoms. The number of carbonyl (C=O) groups is 2. The molecule has 1 fully saturated rings. The predicted molar refractivity (Wildman–Crippen MR) is 70.4 cm³/mol. The first-order chi connectivity index (χ1) is 9.08. The lowest BCUT2D eigenvalue weighted by Crippen LogP contribution is -2.36. The quantitative estimate of drug-likeness (QED) is 0.401. The molecule has 1 amide bonds. The van der Waals surface area contributed by atoms with Gasteiger partial charge in [0.2, 0.25) is 0 Å². The van der Waals surface area contributed by atoms with E-state index in [1.807, 2.05) is 0 Å². The summed E-state index contributed by atoms with van der Waals surface area (Å²) >= 11 is 0. The topological polar surface area (TPSA) is 76.0 Å². The average molecular weight is 270 g/mol. The smallest absolute Gasteiger partial charge is 0.313 e. The van der Waals surface area contributed by atoms with E-state index in [0.717, 1.165) is 19.3 Å². The van der Waals surface area contributed by atoms with E-state index >= 15 is 0 Å². The summed E-state index contributed by atoms with van der Waals surface area (Å²) in [6.45, 7) is 6.35. The van der Waals surface area contributed by atoms with Crippen molar-refractivity contribution in [1.29, 1.82) is 0 Å². The van der Waals surface area contributed by atoms with Crippen molar-refractivity contribution in [3.05, 3.63) is 4.91 Å². The Morgan fingerprint density at radius 3 is 2.58 bits per heavy atom. The molecule has 6 heteroatoms. The Morgan fingerprint density at radius 1 is 1.37 bits per heavy atom. The number of nitroso groups, excluding NO2 is 1. The zero-order chi connectivity index (χ0) is 14.4. The summed E-state index contributed by atoms with van der Waals surface area (Å²) in [5, 5.41) is 2.84. The van der Waals surface area contributed by atoms with E-state index in [1.165, 1.54) is 0 Å². The zero-order valence-corrected chi connectivity index (χ0v) is 11.8. The third kappa shape index (κ3) is 3.30. The van der Waals surface area contributed by atoms with Gasteiger partial charge in [-0.15, -0.1) is 4.91 Å². The fraction of sp³-hybridized carbons (Fsp3) is 0.846. The molecule has 1 saturated heterocycles. The van der Waals surface area contributed by atoms with Gasteiger partial charge in [0.1, 0.15) is 5.92 Å². The lowest BCUT2D eigenvalue weighted by Gasteiger charge is -2.23. The number of hydrogen-bond acceptors (Lipinski definition) is 5. The summed E-state index contributed by atoms with van der Waals surface area (Å²) in [5.74, 6) is -1.63. The van der Waals surface area contributed by atoms with Crippen LogP contribution in [-0.4, -0.2) is 42.0 Å². The lowest BCUT2D eigenvalue weighted by molar-refractivity contribution is -0.149. The van der Waals surface area contributed by atoms with E-state index in [4.69, 9.17) is 4.74 Å². The standard InChI is InChI=1S/C13H22N2O4/c1-4-6-7-8-15-9(3)10(13(17)19-5-2)11(14-18)12(15)16/h9-11H,4-8H2,1-3H3. The second-order valence-electron chi connectivity index (χ2n) is 4.81. The van der Waals surface area contributed by atoms with Crippen LogP contribution in [0.5, 0.6) is 0 Å². The Bertz CT molecular complexity index is 346. The minimum absolute atomic E-state index is 0.234. The van der Waals surface area contributed by atoms with E-state index in [0.29, 0.717) is 6.54 Å². The van der Waals surface area contributed by atoms with Gasteiger partial charge in [-0.3, -0.25) is 9.59 Å². The summed E-state index contributed by atoms with van der Waals surface area (Å²) in [5.41, 5.74) is 0. The second-order valence-corrected chi connectivity index (χ2v) is 4.81. The molecule has 1 rings (SSSR count). The van der Waals surface area contributed by atoms with Gasteiger partial charge >= 0.3 is 5.97 Å². The Balaban J connectivity index is 2.79. The van der Waals surface area contributed by atoms with Crippen molar-refractivity contribution in [3.63, 3.8) is 0 Å². The van der Waals surface area contributed by atoms with Crippen molar-refractivity contribution >= 4 is 11.9 Å². The highest BCUT2D eigenvalue weighted by Crippen LogP contribution is 2.29. The molecule has 0 N–H and O–H groups in total. The summed E-state index contributed by atoms with van der Waals surface area (Å²) < 4.78 is 4.93. The number of nitrogens with zero attached hydrogens (tertiary/aromatic N) is 2. The molecular weight excluding hydrogens is 248 g/mol. The predicted octanol–water partition coefficient (Wildman–Crippen LogP) is 1.72. The number of amides is 1. The maximum absolute atomic E-state index is 12.1. The first kappa shape index (κ1) is 15.6. The molecule has 1 heterocycles. The minimum atomic E-state index is -1.13. The number of rotatable bonds is 7. The molecule has 1 aliphatic rings. The number of ether oxygens (including phenoxy) is 1. The van der Waals surface area contributed by atoms with E-state index in [9.17, 15) is 14.5 Å². The monoisotopic (exact) mass is 270 g/mol. The third-order valence-corrected chi connectivity index (χ3v) is 3.56. The van der Waals surface area contributed by atoms with Crippen LogP contribution in [0.1, 0.15) is 40.0 Å². The maximum Gasteiger partial charge on any atom is 0.313 e. The van der Waals surface area contributed by atoms with Crippen LogP contribution in [0.3, 0.4) is 0 Å². The summed E-state index contributed by atoms with van der Waals surface area (Å²) in [6, 6.07) is -1.46. The molecule has 0 aliphatic carbocycles. The molecule has 19 heavy (non-hydrogen) atoms. The Kier molecular flexibility index (Phi) is 5.92. The van der Waals surface area contributed by atoms with Crippen LogP contribution in [0.25, 0.3) is 0 Å². The van der Waals surface area contributed by atoms with Gasteiger partial charge in [0.25, 0.3) is 5.91 Å². The zero-order valence-electron chi connectivity index (χ0n) is 11.8. The van der Waals surface area contributed by atoms with Crippen LogP contribution < -0.4 is 0 Å². The second kappa shape index (κ2) is 7.21. The van der Waals surface area contributed by atoms with Crippen molar-refractivity contribution in [3.8, 4) is 0 Å². The van der Waals surface area contributed by atoms with E-state index < -0.39 is 17.9 Å². The van der Waals surface area contributed by atoms with Gasteiger partial charge in [-0.1, -0.05) is 24.9 Å². The first-order valence-corrected chi connectivity index (χ1v) is 6.88. The van der Waals surface area contributed by atoms with Gasteiger partial charge in [0.05, 0.1) is 6.61 Å². The van der Waals surface area contributed by atoms with Crippen LogP contribution in [0.2, 0.25) is 0 Å². The molecule has 0 aromatic rings. The average Bonchev–Trinajstić information content (AvgIpc) is 2.62. The van der Waals surface area contributed by atoms with Crippen LogP contribution in [0.15, 0.2) is 5.18 Å². The molecule has 0 aromatic carbocycles. The Labute approximate surface area is 113 Å². The summed E-state index contributed by atoms with van der Waals surface area (Å²) in [4.78, 5) is 36.4. The molecule has 0 radical (unpaired) electrons. The molecule has 3 unspecified atom stereocenters. The number of likely N-dealkylation sites (tertiary alicyclic amines) is 1. The molecule has 3 atom stereocenters. The van der Waals surface area contributed by atoms with Gasteiger partial charge in [-0.2, -0.15) is 0 Å². The summed E-state index contributed by atoms with van der Waals surface area (Å²) in [6.07, 6.45) is 2.93. The van der Waals surface area contributed by atoms with Crippen molar-refractivity contribution in [2.75, 3.05) is 13.2 Å². The van der Waals surface area contributed by atoms with Crippen LogP contribution in [0, 0.1) is 10.8 Å². The Morgan fingerprint density at radius 2 is 2.05 bits per heavy atom. The molecule has 0 saturated carbocycles. The van der Waals surface area contributed by atoms with E-state index in [-0.39, 0.29) is 18.6 Å². The largest absolute Gasteiger partial charge is 0.466 e. The fourth-order valence-corrected chi connectivity index (χ4v) is 2.50. The number of carbonyl (C=O) groups excluding carboxylic acids is 2. The molecular formula is C13H22N2O4. The molecule has 0 aromatic heterocycles.